The number of nitrogens with zero attached hydrogens (tertiary/aromatic N) is 2. The fourth-order valence-corrected chi connectivity index (χ4v) is 4.02. The Morgan fingerprint density at radius 3 is 2.67 bits per heavy atom. The third-order valence-corrected chi connectivity index (χ3v) is 5.40. The van der Waals surface area contributed by atoms with E-state index in [1.165, 1.54) is 38.5 Å². The van der Waals surface area contributed by atoms with E-state index in [4.69, 9.17) is 10.3 Å². The van der Waals surface area contributed by atoms with Gasteiger partial charge in [0.2, 0.25) is 5.89 Å². The highest BCUT2D eigenvalue weighted by Crippen LogP contribution is 2.52. The van der Waals surface area contributed by atoms with Crippen LogP contribution in [0.2, 0.25) is 0 Å². The van der Waals surface area contributed by atoms with Crippen LogP contribution in [0.15, 0.2) is 4.52 Å². The van der Waals surface area contributed by atoms with Crippen molar-refractivity contribution in [1.29, 1.82) is 0 Å². The molecule has 4 heteroatoms. The maximum atomic E-state index is 6.34. The molecule has 2 N–H and O–H groups in total. The predicted octanol–water partition coefficient (Wildman–Crippen LogP) is 2.56. The number of hydrogen-bond acceptors (Lipinski definition) is 4. The van der Waals surface area contributed by atoms with Gasteiger partial charge in [-0.2, -0.15) is 4.98 Å². The van der Waals surface area contributed by atoms with Crippen molar-refractivity contribution in [3.8, 4) is 0 Å². The van der Waals surface area contributed by atoms with Gasteiger partial charge in [-0.25, -0.2) is 0 Å². The van der Waals surface area contributed by atoms with Crippen LogP contribution in [0.3, 0.4) is 0 Å². The molecule has 1 aromatic heterocycles. The van der Waals surface area contributed by atoms with Gasteiger partial charge < -0.3 is 10.3 Å². The Morgan fingerprint density at radius 1 is 1.22 bits per heavy atom. The zero-order chi connectivity index (χ0) is 12.3. The first kappa shape index (κ1) is 11.0. The second kappa shape index (κ2) is 3.56. The van der Waals surface area contributed by atoms with Gasteiger partial charge in [0.15, 0.2) is 5.82 Å². The fourth-order valence-electron chi connectivity index (χ4n) is 4.02. The molecule has 1 aromatic rings. The summed E-state index contributed by atoms with van der Waals surface area (Å²) in [7, 11) is 0. The van der Waals surface area contributed by atoms with Crippen LogP contribution in [0, 0.1) is 17.8 Å². The lowest BCUT2D eigenvalue weighted by molar-refractivity contribution is 0.270. The number of rotatable bonds is 3. The topological polar surface area (TPSA) is 64.9 Å². The second-order valence-electron chi connectivity index (χ2n) is 6.80. The number of nitrogens with two attached hydrogens (primary N) is 1. The van der Waals surface area contributed by atoms with E-state index in [1.54, 1.807) is 0 Å². The van der Waals surface area contributed by atoms with Crippen LogP contribution in [0.25, 0.3) is 0 Å². The van der Waals surface area contributed by atoms with E-state index in [2.05, 4.69) is 10.1 Å². The molecule has 2 bridgehead atoms. The highest BCUT2D eigenvalue weighted by Gasteiger charge is 2.46. The molecule has 4 atom stereocenters. The molecule has 0 aliphatic heterocycles. The van der Waals surface area contributed by atoms with E-state index in [-0.39, 0.29) is 0 Å². The third-order valence-electron chi connectivity index (χ3n) is 5.40. The van der Waals surface area contributed by atoms with Gasteiger partial charge >= 0.3 is 0 Å². The van der Waals surface area contributed by atoms with Gasteiger partial charge in [-0.15, -0.1) is 0 Å². The molecular weight excluding hydrogens is 226 g/mol. The third kappa shape index (κ3) is 1.54. The lowest BCUT2D eigenvalue weighted by atomic mass is 9.88. The number of hydrogen-bond donors (Lipinski definition) is 1. The molecule has 0 aromatic carbocycles. The van der Waals surface area contributed by atoms with E-state index in [1.807, 2.05) is 6.92 Å². The van der Waals surface area contributed by atoms with Crippen LogP contribution in [-0.2, 0) is 5.54 Å². The Hall–Kier alpha value is -0.900. The van der Waals surface area contributed by atoms with Gasteiger partial charge in [0.05, 0.1) is 5.54 Å². The molecule has 4 nitrogen and oxygen atoms in total. The van der Waals surface area contributed by atoms with E-state index >= 15 is 0 Å². The SMILES string of the molecule is CC(N)(c1nc(C2CC3CCC2C3)no1)C1CC1. The standard InChI is InChI=1S/C14H21N3O/c1-14(15,10-4-5-10)13-16-12(17-18-13)11-7-8-2-3-9(11)6-8/h8-11H,2-7,15H2,1H3. The highest BCUT2D eigenvalue weighted by atomic mass is 16.5. The molecule has 1 heterocycles. The molecule has 0 radical (unpaired) electrons. The van der Waals surface area contributed by atoms with Crippen molar-refractivity contribution in [3.63, 3.8) is 0 Å². The first-order valence-corrected chi connectivity index (χ1v) is 7.27. The molecular formula is C14H21N3O. The number of aromatic nitrogens is 2. The minimum absolute atomic E-state index is 0.414. The Labute approximate surface area is 107 Å². The zero-order valence-electron chi connectivity index (χ0n) is 10.9. The van der Waals surface area contributed by atoms with Crippen molar-refractivity contribution in [1.82, 2.24) is 10.1 Å². The van der Waals surface area contributed by atoms with Crippen molar-refractivity contribution < 1.29 is 4.52 Å². The average Bonchev–Trinajstić information content (AvgIpc) is 2.81. The molecule has 0 saturated heterocycles. The lowest BCUT2D eigenvalue weighted by Crippen LogP contribution is -2.35. The molecule has 18 heavy (non-hydrogen) atoms. The van der Waals surface area contributed by atoms with Gasteiger partial charge in [0.1, 0.15) is 0 Å². The van der Waals surface area contributed by atoms with Gasteiger partial charge in [0.25, 0.3) is 0 Å². The molecule has 3 aliphatic rings. The summed E-state index contributed by atoms with van der Waals surface area (Å²) in [4.78, 5) is 4.64. The Morgan fingerprint density at radius 2 is 2.06 bits per heavy atom. The van der Waals surface area contributed by atoms with Crippen molar-refractivity contribution in [2.45, 2.75) is 56.9 Å². The number of fused-ring (bicyclic) bond motifs is 2. The molecule has 3 fully saturated rings. The Balaban J connectivity index is 1.58. The lowest BCUT2D eigenvalue weighted by Gasteiger charge is -2.19. The van der Waals surface area contributed by atoms with E-state index in [0.717, 1.165) is 17.7 Å². The Bertz CT molecular complexity index is 463. The first-order valence-electron chi connectivity index (χ1n) is 7.27. The monoisotopic (exact) mass is 247 g/mol. The maximum Gasteiger partial charge on any atom is 0.246 e. The summed E-state index contributed by atoms with van der Waals surface area (Å²) in [6.07, 6.45) is 7.77. The second-order valence-corrected chi connectivity index (χ2v) is 6.80. The van der Waals surface area contributed by atoms with Crippen LogP contribution in [0.5, 0.6) is 0 Å². The van der Waals surface area contributed by atoms with Gasteiger partial charge in [-0.1, -0.05) is 11.6 Å². The molecule has 3 saturated carbocycles. The minimum atomic E-state index is -0.414. The summed E-state index contributed by atoms with van der Waals surface area (Å²) in [6, 6.07) is 0. The first-order chi connectivity index (χ1) is 8.64. The quantitative estimate of drug-likeness (QED) is 0.891. The fraction of sp³-hybridized carbons (Fsp3) is 0.857. The van der Waals surface area contributed by atoms with Gasteiger partial charge in [-0.3, -0.25) is 0 Å². The predicted molar refractivity (Wildman–Crippen MR) is 66.8 cm³/mol. The van der Waals surface area contributed by atoms with Crippen LogP contribution in [-0.4, -0.2) is 10.1 Å². The van der Waals surface area contributed by atoms with Crippen molar-refractivity contribution in [2.75, 3.05) is 0 Å². The molecule has 3 aliphatic carbocycles. The molecule has 4 unspecified atom stereocenters. The maximum absolute atomic E-state index is 6.34. The van der Waals surface area contributed by atoms with Crippen molar-refractivity contribution in [3.05, 3.63) is 11.7 Å². The van der Waals surface area contributed by atoms with Crippen molar-refractivity contribution in [2.24, 2.45) is 23.5 Å². The zero-order valence-corrected chi connectivity index (χ0v) is 10.9. The van der Waals surface area contributed by atoms with Crippen LogP contribution in [0.4, 0.5) is 0 Å². The molecule has 0 amide bonds. The van der Waals surface area contributed by atoms with E-state index in [0.29, 0.717) is 17.7 Å². The van der Waals surface area contributed by atoms with E-state index < -0.39 is 5.54 Å². The molecule has 0 spiro atoms. The molecule has 4 rings (SSSR count). The van der Waals surface area contributed by atoms with Crippen molar-refractivity contribution >= 4 is 0 Å². The summed E-state index contributed by atoms with van der Waals surface area (Å²) >= 11 is 0. The normalized spacial score (nSPS) is 38.0. The van der Waals surface area contributed by atoms with Gasteiger partial charge in [-0.05, 0) is 56.8 Å². The minimum Gasteiger partial charge on any atom is -0.337 e. The van der Waals surface area contributed by atoms with E-state index in [9.17, 15) is 0 Å². The van der Waals surface area contributed by atoms with Crippen LogP contribution >= 0.6 is 0 Å². The Kier molecular flexibility index (Phi) is 2.17. The largest absolute Gasteiger partial charge is 0.337 e. The van der Waals surface area contributed by atoms with Crippen LogP contribution in [0.1, 0.15) is 63.1 Å². The summed E-state index contributed by atoms with van der Waals surface area (Å²) in [5.41, 5.74) is 5.92. The smallest absolute Gasteiger partial charge is 0.246 e. The van der Waals surface area contributed by atoms with Gasteiger partial charge in [0, 0.05) is 5.92 Å². The highest BCUT2D eigenvalue weighted by molar-refractivity contribution is 5.11. The average molecular weight is 247 g/mol. The van der Waals surface area contributed by atoms with Crippen LogP contribution < -0.4 is 5.73 Å². The molecule has 98 valence electrons. The summed E-state index contributed by atoms with van der Waals surface area (Å²) < 4.78 is 5.46. The summed E-state index contributed by atoms with van der Waals surface area (Å²) in [5, 5.41) is 4.23. The summed E-state index contributed by atoms with van der Waals surface area (Å²) in [5.74, 6) is 4.36. The summed E-state index contributed by atoms with van der Waals surface area (Å²) in [6.45, 7) is 2.03.